The number of carbonyl (C=O) groups is 1. The first-order valence-electron chi connectivity index (χ1n) is 11.3. The quantitative estimate of drug-likeness (QED) is 0.560. The van der Waals surface area contributed by atoms with Crippen molar-refractivity contribution >= 4 is 16.7 Å². The second kappa shape index (κ2) is 10.2. The molecule has 0 N–H and O–H groups in total. The molecule has 1 aliphatic rings. The lowest BCUT2D eigenvalue weighted by Crippen LogP contribution is -2.50. The third-order valence-corrected chi connectivity index (χ3v) is 6.52. The van der Waals surface area contributed by atoms with Crippen molar-refractivity contribution in [3.8, 4) is 11.8 Å². The van der Waals surface area contributed by atoms with Gasteiger partial charge in [0.2, 0.25) is 5.91 Å². The van der Waals surface area contributed by atoms with Crippen LogP contribution in [-0.4, -0.2) is 68.0 Å². The van der Waals surface area contributed by atoms with Crippen LogP contribution in [0.1, 0.15) is 22.7 Å². The molecular formula is C27H29FN4O2. The van der Waals surface area contributed by atoms with E-state index >= 15 is 0 Å². The number of nitrogens with zero attached hydrogens (tertiary/aromatic N) is 4. The second-order valence-electron chi connectivity index (χ2n) is 8.76. The van der Waals surface area contributed by atoms with Gasteiger partial charge in [0.05, 0.1) is 12.7 Å². The zero-order chi connectivity index (χ0) is 24.2. The maximum atomic E-state index is 13.9. The van der Waals surface area contributed by atoms with Crippen molar-refractivity contribution in [1.29, 1.82) is 5.26 Å². The van der Waals surface area contributed by atoms with E-state index in [-0.39, 0.29) is 18.3 Å². The Hall–Kier alpha value is -3.47. The number of likely N-dealkylation sites (N-methyl/N-ethyl adjacent to an activating group) is 2. The molecule has 0 bridgehead atoms. The molecule has 1 atom stereocenters. The highest BCUT2D eigenvalue weighted by atomic mass is 19.1. The summed E-state index contributed by atoms with van der Waals surface area (Å²) in [5.41, 5.74) is 2.00. The molecule has 0 radical (unpaired) electrons. The van der Waals surface area contributed by atoms with Crippen molar-refractivity contribution in [2.45, 2.75) is 12.6 Å². The van der Waals surface area contributed by atoms with Gasteiger partial charge in [0.1, 0.15) is 23.7 Å². The first kappa shape index (κ1) is 23.7. The number of methoxy groups -OCH3 is 1. The highest BCUT2D eigenvalue weighted by Gasteiger charge is 2.32. The van der Waals surface area contributed by atoms with Gasteiger partial charge < -0.3 is 14.5 Å². The molecule has 4 rings (SSSR count). The van der Waals surface area contributed by atoms with Gasteiger partial charge in [-0.1, -0.05) is 36.4 Å². The van der Waals surface area contributed by atoms with E-state index < -0.39 is 6.04 Å². The third kappa shape index (κ3) is 4.74. The molecule has 1 fully saturated rings. The average Bonchev–Trinajstić information content (AvgIpc) is 2.86. The van der Waals surface area contributed by atoms with Gasteiger partial charge in [-0.25, -0.2) is 4.39 Å². The first-order valence-corrected chi connectivity index (χ1v) is 11.3. The molecule has 1 amide bonds. The largest absolute Gasteiger partial charge is 0.495 e. The lowest BCUT2D eigenvalue weighted by Gasteiger charge is -2.39. The molecule has 1 heterocycles. The fourth-order valence-electron chi connectivity index (χ4n) is 4.64. The molecule has 3 aromatic carbocycles. The van der Waals surface area contributed by atoms with Crippen LogP contribution < -0.4 is 4.74 Å². The Morgan fingerprint density at radius 3 is 2.47 bits per heavy atom. The van der Waals surface area contributed by atoms with Gasteiger partial charge in [-0.15, -0.1) is 0 Å². The number of hydrogen-bond donors (Lipinski definition) is 0. The number of carbonyl (C=O) groups excluding carboxylic acids is 1. The zero-order valence-corrected chi connectivity index (χ0v) is 19.8. The molecule has 34 heavy (non-hydrogen) atoms. The van der Waals surface area contributed by atoms with Gasteiger partial charge in [0.15, 0.2) is 0 Å². The fourth-order valence-corrected chi connectivity index (χ4v) is 4.64. The van der Waals surface area contributed by atoms with Crippen LogP contribution in [0.25, 0.3) is 10.8 Å². The number of benzene rings is 3. The summed E-state index contributed by atoms with van der Waals surface area (Å²) in [5, 5.41) is 11.5. The van der Waals surface area contributed by atoms with E-state index in [9.17, 15) is 14.4 Å². The number of halogens is 1. The van der Waals surface area contributed by atoms with Gasteiger partial charge in [0.25, 0.3) is 0 Å². The van der Waals surface area contributed by atoms with Gasteiger partial charge in [-0.3, -0.25) is 9.69 Å². The standard InChI is InChI=1S/C27H29FN4O2/c1-30-12-14-32(15-13-30)25(19-8-10-22(28)11-9-19)27(33)31(2)18-24-23-7-5-4-6-20(23)16-21(17-29)26(24)34-3/h4-11,16,25H,12-15,18H2,1-3H3. The van der Waals surface area contributed by atoms with Gasteiger partial charge in [-0.2, -0.15) is 5.26 Å². The summed E-state index contributed by atoms with van der Waals surface area (Å²) in [4.78, 5) is 19.9. The third-order valence-electron chi connectivity index (χ3n) is 6.52. The highest BCUT2D eigenvalue weighted by molar-refractivity contribution is 5.91. The van der Waals surface area contributed by atoms with Crippen molar-refractivity contribution in [1.82, 2.24) is 14.7 Å². The van der Waals surface area contributed by atoms with Crippen LogP contribution in [0.4, 0.5) is 4.39 Å². The number of hydrogen-bond acceptors (Lipinski definition) is 5. The van der Waals surface area contributed by atoms with Crippen molar-refractivity contribution in [2.75, 3.05) is 47.4 Å². The summed E-state index contributed by atoms with van der Waals surface area (Å²) in [7, 11) is 5.38. The molecule has 0 spiro atoms. The summed E-state index contributed by atoms with van der Waals surface area (Å²) < 4.78 is 19.3. The number of amides is 1. The number of fused-ring (bicyclic) bond motifs is 1. The Morgan fingerprint density at radius 1 is 1.15 bits per heavy atom. The Bertz CT molecular complexity index is 1210. The fraction of sp³-hybridized carbons (Fsp3) is 0.333. The number of rotatable bonds is 6. The molecule has 6 nitrogen and oxygen atoms in total. The van der Waals surface area contributed by atoms with Crippen LogP contribution in [0, 0.1) is 17.1 Å². The van der Waals surface area contributed by atoms with Gasteiger partial charge in [0, 0.05) is 45.3 Å². The molecule has 0 aliphatic carbocycles. The van der Waals surface area contributed by atoms with E-state index in [0.29, 0.717) is 11.3 Å². The van der Waals surface area contributed by atoms with Crippen LogP contribution in [0.15, 0.2) is 54.6 Å². The predicted molar refractivity (Wildman–Crippen MR) is 130 cm³/mol. The van der Waals surface area contributed by atoms with Crippen LogP contribution in [0.2, 0.25) is 0 Å². The molecule has 1 aliphatic heterocycles. The molecule has 7 heteroatoms. The normalized spacial score (nSPS) is 15.6. The summed E-state index contributed by atoms with van der Waals surface area (Å²) in [6.45, 7) is 3.49. The summed E-state index contributed by atoms with van der Waals surface area (Å²) in [6, 6.07) is 17.5. The van der Waals surface area contributed by atoms with Crippen molar-refractivity contribution in [2.24, 2.45) is 0 Å². The Labute approximate surface area is 199 Å². The van der Waals surface area contributed by atoms with Crippen LogP contribution in [0.3, 0.4) is 0 Å². The number of ether oxygens (including phenoxy) is 1. The van der Waals surface area contributed by atoms with E-state index in [1.807, 2.05) is 30.3 Å². The molecule has 1 unspecified atom stereocenters. The predicted octanol–water partition coefficient (Wildman–Crippen LogP) is 3.81. The van der Waals surface area contributed by atoms with E-state index in [2.05, 4.69) is 22.9 Å². The molecule has 0 saturated carbocycles. The van der Waals surface area contributed by atoms with Gasteiger partial charge in [-0.05, 0) is 41.6 Å². The maximum absolute atomic E-state index is 13.9. The van der Waals surface area contributed by atoms with Gasteiger partial charge >= 0.3 is 0 Å². The van der Waals surface area contributed by atoms with Crippen LogP contribution >= 0.6 is 0 Å². The summed E-state index contributed by atoms with van der Waals surface area (Å²) in [5.74, 6) is 0.0784. The van der Waals surface area contributed by atoms with Crippen LogP contribution in [-0.2, 0) is 11.3 Å². The SMILES string of the molecule is COc1c(C#N)cc2ccccc2c1CN(C)C(=O)C(c1ccc(F)cc1)N1CCN(C)CC1. The highest BCUT2D eigenvalue weighted by Crippen LogP contribution is 2.34. The lowest BCUT2D eigenvalue weighted by atomic mass is 9.98. The van der Waals surface area contributed by atoms with E-state index in [4.69, 9.17) is 4.74 Å². The number of nitriles is 1. The molecule has 1 saturated heterocycles. The van der Waals surface area contributed by atoms with E-state index in [1.54, 1.807) is 31.2 Å². The van der Waals surface area contributed by atoms with Crippen molar-refractivity contribution < 1.29 is 13.9 Å². The Kier molecular flexibility index (Phi) is 7.11. The Morgan fingerprint density at radius 2 is 1.82 bits per heavy atom. The zero-order valence-electron chi connectivity index (χ0n) is 19.8. The minimum atomic E-state index is -0.518. The smallest absolute Gasteiger partial charge is 0.244 e. The molecular weight excluding hydrogens is 431 g/mol. The van der Waals surface area contributed by atoms with E-state index in [0.717, 1.165) is 48.1 Å². The summed E-state index contributed by atoms with van der Waals surface area (Å²) >= 11 is 0. The van der Waals surface area contributed by atoms with Crippen LogP contribution in [0.5, 0.6) is 5.75 Å². The Balaban J connectivity index is 1.70. The molecule has 3 aromatic rings. The second-order valence-corrected chi connectivity index (χ2v) is 8.76. The van der Waals surface area contributed by atoms with E-state index in [1.165, 1.54) is 12.1 Å². The van der Waals surface area contributed by atoms with Crippen molar-refractivity contribution in [3.05, 3.63) is 77.1 Å². The first-order chi connectivity index (χ1) is 16.4. The maximum Gasteiger partial charge on any atom is 0.244 e. The topological polar surface area (TPSA) is 59.8 Å². The minimum absolute atomic E-state index is 0.0790. The number of piperazine rings is 1. The average molecular weight is 461 g/mol. The molecule has 0 aromatic heterocycles. The summed E-state index contributed by atoms with van der Waals surface area (Å²) in [6.07, 6.45) is 0. The van der Waals surface area contributed by atoms with Crippen molar-refractivity contribution in [3.63, 3.8) is 0 Å². The molecule has 176 valence electrons. The monoisotopic (exact) mass is 460 g/mol. The lowest BCUT2D eigenvalue weighted by molar-refractivity contribution is -0.137. The minimum Gasteiger partial charge on any atom is -0.495 e.